The van der Waals surface area contributed by atoms with Crippen LogP contribution in [0.2, 0.25) is 5.02 Å². The Morgan fingerprint density at radius 3 is 2.57 bits per heavy atom. The van der Waals surface area contributed by atoms with Crippen molar-refractivity contribution in [2.45, 2.75) is 37.8 Å². The molecule has 2 N–H and O–H groups in total. The number of fused-ring (bicyclic) bond motifs is 1. The van der Waals surface area contributed by atoms with Gasteiger partial charge in [0.05, 0.1) is 12.1 Å². The van der Waals surface area contributed by atoms with Crippen molar-refractivity contribution in [1.82, 2.24) is 15.1 Å². The third-order valence-corrected chi connectivity index (χ3v) is 8.40. The molecule has 2 amide bonds. The van der Waals surface area contributed by atoms with Gasteiger partial charge in [0.1, 0.15) is 5.75 Å². The third-order valence-electron chi connectivity index (χ3n) is 8.17. The Balaban J connectivity index is 1.29. The quantitative estimate of drug-likeness (QED) is 0.298. The maximum Gasteiger partial charge on any atom is 0.258 e. The molecular weight excluding hydrogens is 582 g/mol. The lowest BCUT2D eigenvalue weighted by atomic mass is 9.94. The highest BCUT2D eigenvalue weighted by molar-refractivity contribution is 6.30. The van der Waals surface area contributed by atoms with Gasteiger partial charge in [-0.2, -0.15) is 0 Å². The van der Waals surface area contributed by atoms with E-state index in [9.17, 15) is 14.7 Å². The Labute approximate surface area is 263 Å². The molecule has 0 aromatic heterocycles. The topological polar surface area (TPSA) is 101 Å². The first-order valence-corrected chi connectivity index (χ1v) is 15.5. The molecule has 2 aliphatic heterocycles. The molecule has 9 nitrogen and oxygen atoms in total. The lowest BCUT2D eigenvalue weighted by Gasteiger charge is -2.35. The number of aliphatic hydroxyl groups is 1. The minimum Gasteiger partial charge on any atom is -0.484 e. The van der Waals surface area contributed by atoms with Crippen LogP contribution in [-0.4, -0.2) is 85.5 Å². The molecule has 0 radical (unpaired) electrons. The van der Waals surface area contributed by atoms with Gasteiger partial charge in [-0.25, -0.2) is 0 Å². The molecule has 44 heavy (non-hydrogen) atoms. The number of rotatable bonds is 13. The van der Waals surface area contributed by atoms with Crippen molar-refractivity contribution >= 4 is 23.4 Å². The predicted molar refractivity (Wildman–Crippen MR) is 168 cm³/mol. The summed E-state index contributed by atoms with van der Waals surface area (Å²) < 4.78 is 16.6. The largest absolute Gasteiger partial charge is 0.484 e. The molecular formula is C34H40ClN3O6. The molecule has 5 rings (SSSR count). The van der Waals surface area contributed by atoms with Crippen LogP contribution in [0.15, 0.2) is 72.8 Å². The summed E-state index contributed by atoms with van der Waals surface area (Å²) in [5.74, 6) is 1.43. The number of aliphatic hydroxyl groups excluding tert-OH is 1. The van der Waals surface area contributed by atoms with Gasteiger partial charge in [0.25, 0.3) is 5.91 Å². The standard InChI is InChI=1S/C34H40ClN3O6/c1-37-15-13-26(14-16-37)34(41)38(17-12-25-10-11-31-32(19-25)44-23-43-31)21-30(39)29(18-24-6-3-2-4-7-24)36-33(40)22-42-28-9-5-8-27(35)20-28/h2-11,19-20,26,29-30,39H,12-18,21-23H2,1H3,(H,36,40)/t29?,30-/m0/s1. The van der Waals surface area contributed by atoms with Crippen molar-refractivity contribution in [2.75, 3.05) is 46.6 Å². The molecule has 10 heteroatoms. The number of halogens is 1. The van der Waals surface area contributed by atoms with Gasteiger partial charge >= 0.3 is 0 Å². The monoisotopic (exact) mass is 621 g/mol. The Kier molecular flexibility index (Phi) is 11.0. The third kappa shape index (κ3) is 8.87. The second-order valence-electron chi connectivity index (χ2n) is 11.5. The number of carbonyl (C=O) groups excluding carboxylic acids is 2. The van der Waals surface area contributed by atoms with Crippen molar-refractivity contribution < 1.29 is 28.9 Å². The van der Waals surface area contributed by atoms with Gasteiger partial charge in [-0.3, -0.25) is 9.59 Å². The Morgan fingerprint density at radius 1 is 1.02 bits per heavy atom. The van der Waals surface area contributed by atoms with Crippen LogP contribution in [0, 0.1) is 5.92 Å². The van der Waals surface area contributed by atoms with E-state index in [1.54, 1.807) is 29.2 Å². The van der Waals surface area contributed by atoms with E-state index in [1.165, 1.54) is 0 Å². The first kappa shape index (κ1) is 31.6. The molecule has 2 aliphatic rings. The van der Waals surface area contributed by atoms with E-state index in [2.05, 4.69) is 17.3 Å². The van der Waals surface area contributed by atoms with Gasteiger partial charge in [0, 0.05) is 24.0 Å². The fraction of sp³-hybridized carbons (Fsp3) is 0.412. The summed E-state index contributed by atoms with van der Waals surface area (Å²) in [6.07, 6.45) is 1.51. The molecule has 0 spiro atoms. The summed E-state index contributed by atoms with van der Waals surface area (Å²) >= 11 is 6.04. The first-order chi connectivity index (χ1) is 21.3. The van der Waals surface area contributed by atoms with E-state index < -0.39 is 12.1 Å². The molecule has 3 aromatic carbocycles. The van der Waals surface area contributed by atoms with Gasteiger partial charge in [0.2, 0.25) is 12.7 Å². The predicted octanol–water partition coefficient (Wildman–Crippen LogP) is 3.95. The molecule has 2 heterocycles. The Bertz CT molecular complexity index is 1400. The molecule has 1 fully saturated rings. The van der Waals surface area contributed by atoms with Crippen molar-refractivity contribution in [2.24, 2.45) is 5.92 Å². The van der Waals surface area contributed by atoms with Gasteiger partial charge in [-0.1, -0.05) is 54.1 Å². The van der Waals surface area contributed by atoms with Crippen LogP contribution in [-0.2, 0) is 22.4 Å². The Morgan fingerprint density at radius 2 is 1.80 bits per heavy atom. The number of hydrogen-bond donors (Lipinski definition) is 2. The average Bonchev–Trinajstić information content (AvgIpc) is 3.50. The lowest BCUT2D eigenvalue weighted by molar-refractivity contribution is -0.138. The van der Waals surface area contributed by atoms with Crippen molar-refractivity contribution in [3.05, 3.63) is 88.9 Å². The molecule has 0 bridgehead atoms. The van der Waals surface area contributed by atoms with Crippen LogP contribution >= 0.6 is 11.6 Å². The minimum atomic E-state index is -1.02. The number of likely N-dealkylation sites (tertiary alicyclic amines) is 1. The highest BCUT2D eigenvalue weighted by Gasteiger charge is 2.31. The van der Waals surface area contributed by atoms with E-state index in [-0.39, 0.29) is 37.7 Å². The van der Waals surface area contributed by atoms with Crippen LogP contribution in [0.5, 0.6) is 17.2 Å². The van der Waals surface area contributed by atoms with Crippen LogP contribution in [0.3, 0.4) is 0 Å². The van der Waals surface area contributed by atoms with E-state index in [0.29, 0.717) is 41.7 Å². The zero-order chi connectivity index (χ0) is 30.9. The van der Waals surface area contributed by atoms with Crippen LogP contribution in [0.1, 0.15) is 24.0 Å². The molecule has 3 aromatic rings. The molecule has 1 saturated heterocycles. The molecule has 1 unspecified atom stereocenters. The number of hydrogen-bond acceptors (Lipinski definition) is 7. The average molecular weight is 622 g/mol. The number of nitrogens with one attached hydrogen (secondary N) is 1. The summed E-state index contributed by atoms with van der Waals surface area (Å²) in [6, 6.07) is 21.7. The highest BCUT2D eigenvalue weighted by Crippen LogP contribution is 2.32. The molecule has 0 aliphatic carbocycles. The zero-order valence-corrected chi connectivity index (χ0v) is 25.7. The highest BCUT2D eigenvalue weighted by atomic mass is 35.5. The summed E-state index contributed by atoms with van der Waals surface area (Å²) in [6.45, 7) is 2.18. The van der Waals surface area contributed by atoms with Crippen LogP contribution in [0.4, 0.5) is 0 Å². The van der Waals surface area contributed by atoms with Gasteiger partial charge in [0.15, 0.2) is 18.1 Å². The minimum absolute atomic E-state index is 0.0342. The van der Waals surface area contributed by atoms with Gasteiger partial charge in [-0.05, 0) is 87.3 Å². The van der Waals surface area contributed by atoms with Crippen molar-refractivity contribution in [3.8, 4) is 17.2 Å². The lowest BCUT2D eigenvalue weighted by Crippen LogP contribution is -2.53. The number of nitrogens with zero attached hydrogens (tertiary/aromatic N) is 2. The summed E-state index contributed by atoms with van der Waals surface area (Å²) in [5, 5.41) is 15.1. The van der Waals surface area contributed by atoms with E-state index in [4.69, 9.17) is 25.8 Å². The second-order valence-corrected chi connectivity index (χ2v) is 11.9. The van der Waals surface area contributed by atoms with Crippen molar-refractivity contribution in [3.63, 3.8) is 0 Å². The number of ether oxygens (including phenoxy) is 3. The number of amides is 2. The van der Waals surface area contributed by atoms with Gasteiger partial charge < -0.3 is 34.4 Å². The normalized spacial score (nSPS) is 16.2. The fourth-order valence-corrected chi connectivity index (χ4v) is 5.80. The summed E-state index contributed by atoms with van der Waals surface area (Å²) in [5.41, 5.74) is 1.97. The molecule has 2 atom stereocenters. The van der Waals surface area contributed by atoms with E-state index >= 15 is 0 Å². The van der Waals surface area contributed by atoms with Crippen molar-refractivity contribution in [1.29, 1.82) is 0 Å². The number of benzene rings is 3. The maximum atomic E-state index is 13.9. The van der Waals surface area contributed by atoms with Crippen LogP contribution < -0.4 is 19.5 Å². The Hall–Kier alpha value is -3.79. The van der Waals surface area contributed by atoms with E-state index in [0.717, 1.165) is 37.1 Å². The molecule has 234 valence electrons. The molecule has 0 saturated carbocycles. The summed E-state index contributed by atoms with van der Waals surface area (Å²) in [7, 11) is 2.06. The van der Waals surface area contributed by atoms with Crippen LogP contribution in [0.25, 0.3) is 0 Å². The number of carbonyl (C=O) groups is 2. The fourth-order valence-electron chi connectivity index (χ4n) is 5.62. The second kappa shape index (κ2) is 15.3. The number of piperidine rings is 1. The maximum absolute atomic E-state index is 13.9. The van der Waals surface area contributed by atoms with E-state index in [1.807, 2.05) is 48.5 Å². The first-order valence-electron chi connectivity index (χ1n) is 15.1. The summed E-state index contributed by atoms with van der Waals surface area (Å²) in [4.78, 5) is 30.9. The van der Waals surface area contributed by atoms with Gasteiger partial charge in [-0.15, -0.1) is 0 Å². The zero-order valence-electron chi connectivity index (χ0n) is 25.0. The SMILES string of the molecule is CN1CCC(C(=O)N(CCc2ccc3c(c2)OCO3)C[C@H](O)C(Cc2ccccc2)NC(=O)COc2cccc(Cl)c2)CC1. The smallest absolute Gasteiger partial charge is 0.258 e.